The first-order chi connectivity index (χ1) is 7.38. The Bertz CT molecular complexity index is 308. The van der Waals surface area contributed by atoms with Crippen LogP contribution in [0.15, 0.2) is 0 Å². The highest BCUT2D eigenvalue weighted by Crippen LogP contribution is 2.21. The lowest BCUT2D eigenvalue weighted by atomic mass is 10.0. The summed E-state index contributed by atoms with van der Waals surface area (Å²) in [5, 5.41) is 1.30. The maximum atomic E-state index is 11.9. The van der Waals surface area contributed by atoms with Crippen LogP contribution in [0, 0.1) is 0 Å². The number of nitrogens with two attached hydrogens (primary N) is 1. The Balaban J connectivity index is 2.71. The van der Waals surface area contributed by atoms with Crippen molar-refractivity contribution >= 4 is 10.0 Å². The monoisotopic (exact) mass is 249 g/mol. The quantitative estimate of drug-likeness (QED) is 0.757. The predicted octanol–water partition coefficient (Wildman–Crippen LogP) is 0.431. The summed E-state index contributed by atoms with van der Waals surface area (Å²) in [5.74, 6) is 0. The molecule has 1 aliphatic heterocycles. The molecule has 0 radical (unpaired) electrons. The van der Waals surface area contributed by atoms with Crippen LogP contribution in [0.1, 0.15) is 40.0 Å². The molecule has 0 aromatic heterocycles. The third-order valence-corrected chi connectivity index (χ3v) is 5.01. The van der Waals surface area contributed by atoms with E-state index in [2.05, 4.69) is 4.83 Å². The smallest absolute Gasteiger partial charge is 0.228 e. The Hall–Kier alpha value is -0.170. The Morgan fingerprint density at radius 2 is 1.88 bits per heavy atom. The normalized spacial score (nSPS) is 30.2. The van der Waals surface area contributed by atoms with Gasteiger partial charge in [0, 0.05) is 18.6 Å². The lowest BCUT2D eigenvalue weighted by Crippen LogP contribution is -2.56. The highest BCUT2D eigenvalue weighted by molar-refractivity contribution is 7.90. The summed E-state index contributed by atoms with van der Waals surface area (Å²) in [6.07, 6.45) is 3.22. The van der Waals surface area contributed by atoms with Crippen molar-refractivity contribution in [3.8, 4) is 0 Å². The van der Waals surface area contributed by atoms with Crippen LogP contribution in [0.3, 0.4) is 0 Å². The maximum absolute atomic E-state index is 11.9. The summed E-state index contributed by atoms with van der Waals surface area (Å²) >= 11 is 0. The van der Waals surface area contributed by atoms with E-state index in [1.54, 1.807) is 6.92 Å². The summed E-state index contributed by atoms with van der Waals surface area (Å²) < 4.78 is 23.8. The Labute approximate surface area is 98.4 Å². The number of piperidine rings is 1. The first kappa shape index (κ1) is 13.9. The molecule has 3 unspecified atom stereocenters. The topological polar surface area (TPSA) is 75.4 Å². The van der Waals surface area contributed by atoms with Gasteiger partial charge in [0.1, 0.15) is 0 Å². The fourth-order valence-corrected chi connectivity index (χ4v) is 3.05. The molecule has 5 nitrogen and oxygen atoms in total. The van der Waals surface area contributed by atoms with E-state index in [9.17, 15) is 8.42 Å². The van der Waals surface area contributed by atoms with Gasteiger partial charge in [0.15, 0.2) is 0 Å². The van der Waals surface area contributed by atoms with Crippen molar-refractivity contribution < 1.29 is 8.42 Å². The average Bonchev–Trinajstić information content (AvgIpc) is 2.22. The van der Waals surface area contributed by atoms with Gasteiger partial charge in [0.25, 0.3) is 0 Å². The highest BCUT2D eigenvalue weighted by atomic mass is 32.2. The van der Waals surface area contributed by atoms with Crippen molar-refractivity contribution in [2.45, 2.75) is 57.4 Å². The first-order valence-electron chi connectivity index (χ1n) is 5.88. The van der Waals surface area contributed by atoms with Gasteiger partial charge >= 0.3 is 0 Å². The highest BCUT2D eigenvalue weighted by Gasteiger charge is 2.30. The molecule has 0 saturated carbocycles. The van der Waals surface area contributed by atoms with Crippen molar-refractivity contribution in [1.82, 2.24) is 9.84 Å². The van der Waals surface area contributed by atoms with Gasteiger partial charge in [-0.2, -0.15) is 0 Å². The van der Waals surface area contributed by atoms with E-state index >= 15 is 0 Å². The van der Waals surface area contributed by atoms with E-state index in [0.717, 1.165) is 19.3 Å². The molecule has 3 N–H and O–H groups in total. The molecule has 96 valence electrons. The molecule has 0 bridgehead atoms. The second-order valence-corrected chi connectivity index (χ2v) is 6.80. The predicted molar refractivity (Wildman–Crippen MR) is 65.2 cm³/mol. The fraction of sp³-hybridized carbons (Fsp3) is 1.00. The minimum absolute atomic E-state index is 0.145. The van der Waals surface area contributed by atoms with E-state index in [4.69, 9.17) is 5.73 Å². The maximum Gasteiger partial charge on any atom is 0.228 e. The van der Waals surface area contributed by atoms with Crippen molar-refractivity contribution in [3.63, 3.8) is 0 Å². The molecule has 0 amide bonds. The zero-order valence-corrected chi connectivity index (χ0v) is 11.1. The molecular weight excluding hydrogens is 226 g/mol. The van der Waals surface area contributed by atoms with Gasteiger partial charge in [-0.1, -0.05) is 6.42 Å². The molecule has 0 aliphatic carbocycles. The third-order valence-electron chi connectivity index (χ3n) is 3.29. The molecule has 0 spiro atoms. The molecule has 0 aromatic rings. The molecule has 16 heavy (non-hydrogen) atoms. The summed E-state index contributed by atoms with van der Waals surface area (Å²) in [5.41, 5.74) is 5.39. The minimum Gasteiger partial charge on any atom is -0.329 e. The van der Waals surface area contributed by atoms with Gasteiger partial charge in [-0.3, -0.25) is 0 Å². The summed E-state index contributed by atoms with van der Waals surface area (Å²) in [4.78, 5) is 2.67. The third kappa shape index (κ3) is 3.16. The first-order valence-corrected chi connectivity index (χ1v) is 7.42. The van der Waals surface area contributed by atoms with Crippen LogP contribution >= 0.6 is 0 Å². The van der Waals surface area contributed by atoms with Gasteiger partial charge in [-0.05, 0) is 33.6 Å². The molecule has 0 aromatic carbocycles. The average molecular weight is 249 g/mol. The SMILES string of the molecule is CC1CCCC(C)N1NS(=O)(=O)C(C)CN. The second kappa shape index (κ2) is 5.44. The summed E-state index contributed by atoms with van der Waals surface area (Å²) in [7, 11) is -3.32. The van der Waals surface area contributed by atoms with Crippen LogP contribution in [0.4, 0.5) is 0 Å². The van der Waals surface area contributed by atoms with Gasteiger partial charge in [-0.25, -0.2) is 13.4 Å². The van der Waals surface area contributed by atoms with Crippen molar-refractivity contribution in [2.24, 2.45) is 5.73 Å². The molecule has 1 saturated heterocycles. The van der Waals surface area contributed by atoms with Crippen LogP contribution in [0.5, 0.6) is 0 Å². The Morgan fingerprint density at radius 3 is 2.31 bits per heavy atom. The molecule has 6 heteroatoms. The van der Waals surface area contributed by atoms with Gasteiger partial charge in [0.2, 0.25) is 10.0 Å². The molecule has 1 aliphatic rings. The van der Waals surface area contributed by atoms with Crippen LogP contribution in [-0.2, 0) is 10.0 Å². The van der Waals surface area contributed by atoms with Gasteiger partial charge < -0.3 is 5.73 Å². The standard InChI is InChI=1S/C10H23N3O2S/c1-8-5-4-6-9(2)13(8)12-16(14,15)10(3)7-11/h8-10,12H,4-7,11H2,1-3H3. The molecule has 1 rings (SSSR count). The van der Waals surface area contributed by atoms with E-state index in [-0.39, 0.29) is 18.6 Å². The van der Waals surface area contributed by atoms with E-state index in [0.29, 0.717) is 0 Å². The fourth-order valence-electron chi connectivity index (χ4n) is 1.96. The van der Waals surface area contributed by atoms with E-state index in [1.165, 1.54) is 0 Å². The number of hydrogen-bond donors (Lipinski definition) is 2. The number of hydrogen-bond acceptors (Lipinski definition) is 4. The Morgan fingerprint density at radius 1 is 1.38 bits per heavy atom. The van der Waals surface area contributed by atoms with Crippen LogP contribution in [0.25, 0.3) is 0 Å². The zero-order valence-electron chi connectivity index (χ0n) is 10.3. The van der Waals surface area contributed by atoms with Gasteiger partial charge in [-0.15, -0.1) is 4.83 Å². The second-order valence-electron chi connectivity index (χ2n) is 4.72. The van der Waals surface area contributed by atoms with E-state index < -0.39 is 15.3 Å². The van der Waals surface area contributed by atoms with Crippen molar-refractivity contribution in [2.75, 3.05) is 6.54 Å². The summed E-state index contributed by atoms with van der Waals surface area (Å²) in [6.45, 7) is 5.87. The Kier molecular flexibility index (Phi) is 4.73. The minimum atomic E-state index is -3.32. The lowest BCUT2D eigenvalue weighted by molar-refractivity contribution is 0.0787. The lowest BCUT2D eigenvalue weighted by Gasteiger charge is -2.38. The number of nitrogens with one attached hydrogen (secondary N) is 1. The zero-order chi connectivity index (χ0) is 12.3. The van der Waals surface area contributed by atoms with Crippen LogP contribution in [0.2, 0.25) is 0 Å². The number of sulfonamides is 1. The molecular formula is C10H23N3O2S. The van der Waals surface area contributed by atoms with Crippen molar-refractivity contribution in [1.29, 1.82) is 0 Å². The molecule has 3 atom stereocenters. The van der Waals surface area contributed by atoms with Crippen LogP contribution in [-0.4, -0.2) is 37.3 Å². The summed E-state index contributed by atoms with van der Waals surface area (Å²) in [6, 6.07) is 0.506. The molecule has 1 heterocycles. The number of nitrogens with zero attached hydrogens (tertiary/aromatic N) is 1. The number of rotatable bonds is 4. The van der Waals surface area contributed by atoms with Gasteiger partial charge in [0.05, 0.1) is 5.25 Å². The number of hydrazine groups is 1. The van der Waals surface area contributed by atoms with Crippen LogP contribution < -0.4 is 10.6 Å². The van der Waals surface area contributed by atoms with E-state index in [1.807, 2.05) is 18.9 Å². The molecule has 1 fully saturated rings. The van der Waals surface area contributed by atoms with Crippen molar-refractivity contribution in [3.05, 3.63) is 0 Å². The largest absolute Gasteiger partial charge is 0.329 e.